The molecule has 0 unspecified atom stereocenters. The number of nitrogens with one attached hydrogen (secondary N) is 1. The van der Waals surface area contributed by atoms with Gasteiger partial charge in [0.15, 0.2) is 9.84 Å². The van der Waals surface area contributed by atoms with Gasteiger partial charge in [-0.15, -0.1) is 0 Å². The second-order valence-electron chi connectivity index (χ2n) is 6.45. The second kappa shape index (κ2) is 8.57. The van der Waals surface area contributed by atoms with Crippen LogP contribution in [0.15, 0.2) is 51.9 Å². The van der Waals surface area contributed by atoms with E-state index in [1.165, 1.54) is 0 Å². The van der Waals surface area contributed by atoms with E-state index < -0.39 is 15.7 Å². The molecule has 0 saturated heterocycles. The van der Waals surface area contributed by atoms with Crippen molar-refractivity contribution in [2.75, 3.05) is 12.3 Å². The van der Waals surface area contributed by atoms with Gasteiger partial charge in [-0.2, -0.15) is 0 Å². The third kappa shape index (κ3) is 4.63. The zero-order valence-electron chi connectivity index (χ0n) is 15.7. The zero-order valence-corrected chi connectivity index (χ0v) is 18.0. The SMILES string of the molecule is Cc1ccc(S(=O)(=O)CCNC(=O)c2c(-c3c(Cl)cccc3Cl)noc2C)cc1. The molecule has 1 aromatic heterocycles. The van der Waals surface area contributed by atoms with Crippen molar-refractivity contribution in [1.82, 2.24) is 10.5 Å². The number of carbonyl (C=O) groups excluding carboxylic acids is 1. The van der Waals surface area contributed by atoms with Gasteiger partial charge in [-0.1, -0.05) is 52.1 Å². The summed E-state index contributed by atoms with van der Waals surface area (Å²) in [4.78, 5) is 12.9. The molecule has 0 radical (unpaired) electrons. The number of sulfone groups is 1. The molecule has 1 N–H and O–H groups in total. The highest BCUT2D eigenvalue weighted by Crippen LogP contribution is 2.36. The zero-order chi connectivity index (χ0) is 21.2. The number of rotatable bonds is 6. The van der Waals surface area contributed by atoms with Crippen molar-refractivity contribution in [3.8, 4) is 11.3 Å². The number of halogens is 2. The van der Waals surface area contributed by atoms with E-state index in [0.29, 0.717) is 15.6 Å². The maximum absolute atomic E-state index is 12.7. The summed E-state index contributed by atoms with van der Waals surface area (Å²) in [5.41, 5.74) is 1.71. The number of amides is 1. The first-order valence-electron chi connectivity index (χ1n) is 8.69. The summed E-state index contributed by atoms with van der Waals surface area (Å²) in [6.45, 7) is 3.38. The van der Waals surface area contributed by atoms with Crippen LogP contribution in [0, 0.1) is 13.8 Å². The fourth-order valence-electron chi connectivity index (χ4n) is 2.79. The van der Waals surface area contributed by atoms with Crippen LogP contribution >= 0.6 is 23.2 Å². The third-order valence-electron chi connectivity index (χ3n) is 4.33. The topological polar surface area (TPSA) is 89.3 Å². The predicted octanol–water partition coefficient (Wildman–Crippen LogP) is 4.47. The Labute approximate surface area is 178 Å². The minimum Gasteiger partial charge on any atom is -0.360 e. The summed E-state index contributed by atoms with van der Waals surface area (Å²) in [7, 11) is -3.52. The smallest absolute Gasteiger partial charge is 0.257 e. The Morgan fingerprint density at radius 2 is 1.69 bits per heavy atom. The van der Waals surface area contributed by atoms with Crippen LogP contribution in [-0.4, -0.2) is 31.8 Å². The van der Waals surface area contributed by atoms with Crippen LogP contribution in [0.3, 0.4) is 0 Å². The lowest BCUT2D eigenvalue weighted by Crippen LogP contribution is -2.29. The fraction of sp³-hybridized carbons (Fsp3) is 0.200. The molecule has 29 heavy (non-hydrogen) atoms. The highest BCUT2D eigenvalue weighted by molar-refractivity contribution is 7.91. The lowest BCUT2D eigenvalue weighted by Gasteiger charge is -2.09. The van der Waals surface area contributed by atoms with E-state index in [0.717, 1.165) is 5.56 Å². The van der Waals surface area contributed by atoms with E-state index in [-0.39, 0.29) is 34.2 Å². The molecular weight excluding hydrogens is 435 g/mol. The van der Waals surface area contributed by atoms with Gasteiger partial charge in [0.2, 0.25) is 0 Å². The quantitative estimate of drug-likeness (QED) is 0.595. The Kier molecular flexibility index (Phi) is 6.31. The molecule has 0 bridgehead atoms. The Hall–Kier alpha value is -2.35. The van der Waals surface area contributed by atoms with Gasteiger partial charge in [-0.3, -0.25) is 4.79 Å². The first kappa shape index (κ1) is 21.4. The predicted molar refractivity (Wildman–Crippen MR) is 112 cm³/mol. The van der Waals surface area contributed by atoms with Gasteiger partial charge in [0.25, 0.3) is 5.91 Å². The molecule has 3 aromatic rings. The van der Waals surface area contributed by atoms with Gasteiger partial charge in [0, 0.05) is 12.1 Å². The number of hydrogen-bond donors (Lipinski definition) is 1. The minimum atomic E-state index is -3.52. The van der Waals surface area contributed by atoms with Crippen LogP contribution in [0.4, 0.5) is 0 Å². The minimum absolute atomic E-state index is 0.0741. The van der Waals surface area contributed by atoms with Crippen LogP contribution in [0.2, 0.25) is 10.0 Å². The summed E-state index contributed by atoms with van der Waals surface area (Å²) >= 11 is 12.4. The summed E-state index contributed by atoms with van der Waals surface area (Å²) < 4.78 is 30.0. The standard InChI is InChI=1S/C20H18Cl2N2O4S/c1-12-6-8-14(9-7-12)29(26,27)11-10-23-20(25)17-13(2)28-24-19(17)18-15(21)4-3-5-16(18)22/h3-9H,10-11H2,1-2H3,(H,23,25). The molecule has 3 rings (SSSR count). The van der Waals surface area contributed by atoms with Gasteiger partial charge in [0.1, 0.15) is 17.0 Å². The lowest BCUT2D eigenvalue weighted by atomic mass is 10.1. The maximum atomic E-state index is 12.7. The Morgan fingerprint density at radius 3 is 2.31 bits per heavy atom. The molecule has 0 aliphatic rings. The van der Waals surface area contributed by atoms with Crippen LogP contribution in [0.25, 0.3) is 11.3 Å². The van der Waals surface area contributed by atoms with Crippen molar-refractivity contribution in [3.63, 3.8) is 0 Å². The first-order valence-corrected chi connectivity index (χ1v) is 11.1. The Bertz CT molecular complexity index is 1140. The number of aryl methyl sites for hydroxylation is 2. The van der Waals surface area contributed by atoms with Crippen molar-refractivity contribution in [2.45, 2.75) is 18.7 Å². The van der Waals surface area contributed by atoms with E-state index in [1.807, 2.05) is 6.92 Å². The molecule has 0 fully saturated rings. The average molecular weight is 453 g/mol. The Morgan fingerprint density at radius 1 is 1.07 bits per heavy atom. The van der Waals surface area contributed by atoms with Crippen molar-refractivity contribution in [3.05, 3.63) is 69.4 Å². The van der Waals surface area contributed by atoms with Crippen molar-refractivity contribution in [2.24, 2.45) is 0 Å². The number of hydrogen-bond acceptors (Lipinski definition) is 5. The number of nitrogens with zero attached hydrogens (tertiary/aromatic N) is 1. The number of carbonyl (C=O) groups is 1. The largest absolute Gasteiger partial charge is 0.360 e. The molecule has 9 heteroatoms. The van der Waals surface area contributed by atoms with Gasteiger partial charge >= 0.3 is 0 Å². The average Bonchev–Trinajstić information content (AvgIpc) is 3.03. The lowest BCUT2D eigenvalue weighted by molar-refractivity contribution is 0.0955. The third-order valence-corrected chi connectivity index (χ3v) is 6.69. The van der Waals surface area contributed by atoms with Gasteiger partial charge < -0.3 is 9.84 Å². The van der Waals surface area contributed by atoms with Crippen LogP contribution < -0.4 is 5.32 Å². The molecule has 1 heterocycles. The van der Waals surface area contributed by atoms with E-state index in [1.54, 1.807) is 49.4 Å². The van der Waals surface area contributed by atoms with Gasteiger partial charge in [0.05, 0.1) is 20.7 Å². The number of benzene rings is 2. The van der Waals surface area contributed by atoms with Gasteiger partial charge in [-0.05, 0) is 38.1 Å². The summed E-state index contributed by atoms with van der Waals surface area (Å²) in [6, 6.07) is 11.5. The first-order chi connectivity index (χ1) is 13.7. The highest BCUT2D eigenvalue weighted by atomic mass is 35.5. The van der Waals surface area contributed by atoms with Crippen LogP contribution in [-0.2, 0) is 9.84 Å². The monoisotopic (exact) mass is 452 g/mol. The number of aromatic nitrogens is 1. The molecule has 0 spiro atoms. The van der Waals surface area contributed by atoms with Crippen molar-refractivity contribution < 1.29 is 17.7 Å². The molecule has 1 amide bonds. The normalized spacial score (nSPS) is 11.4. The van der Waals surface area contributed by atoms with Gasteiger partial charge in [-0.25, -0.2) is 8.42 Å². The van der Waals surface area contributed by atoms with E-state index in [4.69, 9.17) is 27.7 Å². The molecule has 0 aliphatic heterocycles. The molecule has 6 nitrogen and oxygen atoms in total. The van der Waals surface area contributed by atoms with Crippen LogP contribution in [0.1, 0.15) is 21.7 Å². The van der Waals surface area contributed by atoms with Crippen LogP contribution in [0.5, 0.6) is 0 Å². The summed E-state index contributed by atoms with van der Waals surface area (Å²) in [6.07, 6.45) is 0. The fourth-order valence-corrected chi connectivity index (χ4v) is 4.52. The van der Waals surface area contributed by atoms with Crippen molar-refractivity contribution in [1.29, 1.82) is 0 Å². The Balaban J connectivity index is 1.77. The highest BCUT2D eigenvalue weighted by Gasteiger charge is 2.25. The molecule has 152 valence electrons. The summed E-state index contributed by atoms with van der Waals surface area (Å²) in [5.74, 6) is -0.488. The molecule has 2 aromatic carbocycles. The van der Waals surface area contributed by atoms with E-state index in [2.05, 4.69) is 10.5 Å². The molecule has 0 aliphatic carbocycles. The summed E-state index contributed by atoms with van der Waals surface area (Å²) in [5, 5.41) is 7.17. The molecule has 0 saturated carbocycles. The van der Waals surface area contributed by atoms with E-state index >= 15 is 0 Å². The van der Waals surface area contributed by atoms with Crippen molar-refractivity contribution >= 4 is 38.9 Å². The second-order valence-corrected chi connectivity index (χ2v) is 9.37. The molecular formula is C20H18Cl2N2O4S. The maximum Gasteiger partial charge on any atom is 0.257 e. The molecule has 0 atom stereocenters. The van der Waals surface area contributed by atoms with E-state index in [9.17, 15) is 13.2 Å².